The Kier molecular flexibility index (Phi) is 5.91. The van der Waals surface area contributed by atoms with Gasteiger partial charge in [-0.1, -0.05) is 18.2 Å². The molecule has 150 valence electrons. The van der Waals surface area contributed by atoms with Gasteiger partial charge in [-0.25, -0.2) is 4.39 Å². The van der Waals surface area contributed by atoms with Crippen LogP contribution in [0.15, 0.2) is 77.4 Å². The molecule has 1 atom stereocenters. The van der Waals surface area contributed by atoms with E-state index < -0.39 is 0 Å². The number of hydrogen-bond acceptors (Lipinski definition) is 3. The zero-order chi connectivity index (χ0) is 20.1. The average Bonchev–Trinajstić information content (AvgIpc) is 3.30. The fraction of sp³-hybridized carbons (Fsp3) is 0.261. The Morgan fingerprint density at radius 3 is 2.41 bits per heavy atom. The minimum absolute atomic E-state index is 0.0491. The third-order valence-corrected chi connectivity index (χ3v) is 5.48. The summed E-state index contributed by atoms with van der Waals surface area (Å²) in [5.41, 5.74) is 1.69. The number of quaternary nitrogens is 1. The zero-order valence-electron chi connectivity index (χ0n) is 16.2. The molecule has 1 fully saturated rings. The van der Waals surface area contributed by atoms with Crippen LogP contribution in [0.25, 0.3) is 0 Å². The maximum absolute atomic E-state index is 13.2. The summed E-state index contributed by atoms with van der Waals surface area (Å²) in [5, 5.41) is 3.06. The van der Waals surface area contributed by atoms with Gasteiger partial charge in [0.25, 0.3) is 5.91 Å². The van der Waals surface area contributed by atoms with Crippen molar-refractivity contribution in [3.8, 4) is 0 Å². The predicted octanol–water partition coefficient (Wildman–Crippen LogP) is 2.29. The number of halogens is 1. The van der Waals surface area contributed by atoms with Crippen LogP contribution in [-0.2, 0) is 0 Å². The second kappa shape index (κ2) is 8.92. The van der Waals surface area contributed by atoms with Gasteiger partial charge in [-0.2, -0.15) is 0 Å². The first-order valence-electron chi connectivity index (χ1n) is 9.92. The summed E-state index contributed by atoms with van der Waals surface area (Å²) in [6.07, 6.45) is 1.68. The van der Waals surface area contributed by atoms with Crippen LogP contribution >= 0.6 is 0 Å². The molecule has 1 aliphatic heterocycles. The van der Waals surface area contributed by atoms with Gasteiger partial charge < -0.3 is 19.5 Å². The molecule has 0 aliphatic carbocycles. The van der Waals surface area contributed by atoms with Crippen LogP contribution in [0.4, 0.5) is 10.1 Å². The molecule has 1 aliphatic rings. The number of carbonyl (C=O) groups is 1. The number of anilines is 1. The van der Waals surface area contributed by atoms with E-state index in [1.165, 1.54) is 17.0 Å². The summed E-state index contributed by atoms with van der Waals surface area (Å²) in [6, 6.07) is 19.8. The number of rotatable bonds is 6. The van der Waals surface area contributed by atoms with Gasteiger partial charge in [0.05, 0.1) is 39.0 Å². The van der Waals surface area contributed by atoms with Crippen LogP contribution in [0.3, 0.4) is 0 Å². The van der Waals surface area contributed by atoms with E-state index in [2.05, 4.69) is 10.2 Å². The topological polar surface area (TPSA) is 49.9 Å². The van der Waals surface area contributed by atoms with Crippen LogP contribution < -0.4 is 15.1 Å². The van der Waals surface area contributed by atoms with E-state index in [0.29, 0.717) is 12.1 Å². The lowest BCUT2D eigenvalue weighted by atomic mass is 10.1. The standard InChI is InChI=1S/C23H24FN3O2/c24-19-8-10-20(11-9-19)26-12-14-27(15-13-26)21(22-7-4-16-29-22)17-25-23(28)18-5-2-1-3-6-18/h1-11,16,21H,12-15,17H2,(H,25,28)/p+1/t21-/m1/s1. The molecule has 0 saturated carbocycles. The molecule has 0 bridgehead atoms. The highest BCUT2D eigenvalue weighted by Gasteiger charge is 2.31. The molecule has 5 nitrogen and oxygen atoms in total. The maximum atomic E-state index is 13.2. The summed E-state index contributed by atoms with van der Waals surface area (Å²) < 4.78 is 18.9. The molecular formula is C23H25FN3O2+. The van der Waals surface area contributed by atoms with E-state index in [1.54, 1.807) is 6.26 Å². The van der Waals surface area contributed by atoms with Crippen molar-refractivity contribution in [3.05, 3.63) is 90.1 Å². The van der Waals surface area contributed by atoms with Crippen molar-refractivity contribution in [1.29, 1.82) is 0 Å². The number of amides is 1. The maximum Gasteiger partial charge on any atom is 0.251 e. The smallest absolute Gasteiger partial charge is 0.251 e. The van der Waals surface area contributed by atoms with Gasteiger partial charge in [-0.15, -0.1) is 0 Å². The van der Waals surface area contributed by atoms with Crippen molar-refractivity contribution in [2.45, 2.75) is 6.04 Å². The van der Waals surface area contributed by atoms with Gasteiger partial charge in [0.2, 0.25) is 0 Å². The lowest BCUT2D eigenvalue weighted by Crippen LogP contribution is -3.15. The van der Waals surface area contributed by atoms with Gasteiger partial charge in [0.15, 0.2) is 11.8 Å². The number of benzene rings is 2. The largest absolute Gasteiger partial charge is 0.463 e. The SMILES string of the molecule is O=C(NC[C@H](c1ccco1)[NH+]1CCN(c2ccc(F)cc2)CC1)c1ccccc1. The van der Waals surface area contributed by atoms with Gasteiger partial charge in [0.1, 0.15) is 5.82 Å². The summed E-state index contributed by atoms with van der Waals surface area (Å²) in [4.78, 5) is 16.1. The normalized spacial score (nSPS) is 15.8. The Labute approximate surface area is 169 Å². The second-order valence-corrected chi connectivity index (χ2v) is 7.27. The molecule has 0 unspecified atom stereocenters. The highest BCUT2D eigenvalue weighted by atomic mass is 19.1. The molecule has 0 radical (unpaired) electrons. The molecule has 3 aromatic rings. The summed E-state index contributed by atoms with van der Waals surface area (Å²) in [5.74, 6) is 0.583. The number of furan rings is 1. The van der Waals surface area contributed by atoms with E-state index in [4.69, 9.17) is 4.42 Å². The highest BCUT2D eigenvalue weighted by molar-refractivity contribution is 5.94. The lowest BCUT2D eigenvalue weighted by molar-refractivity contribution is -0.932. The highest BCUT2D eigenvalue weighted by Crippen LogP contribution is 2.16. The number of nitrogens with zero attached hydrogens (tertiary/aromatic N) is 1. The lowest BCUT2D eigenvalue weighted by Gasteiger charge is -2.37. The summed E-state index contributed by atoms with van der Waals surface area (Å²) in [7, 11) is 0. The van der Waals surface area contributed by atoms with Crippen molar-refractivity contribution in [1.82, 2.24) is 5.32 Å². The van der Waals surface area contributed by atoms with Gasteiger partial charge >= 0.3 is 0 Å². The molecular weight excluding hydrogens is 369 g/mol. The van der Waals surface area contributed by atoms with Crippen LogP contribution in [-0.4, -0.2) is 38.6 Å². The average molecular weight is 394 g/mol. The Bertz CT molecular complexity index is 905. The minimum atomic E-state index is -0.218. The van der Waals surface area contributed by atoms with Crippen LogP contribution in [0.1, 0.15) is 22.2 Å². The molecule has 1 amide bonds. The fourth-order valence-electron chi connectivity index (χ4n) is 3.87. The number of nitrogens with one attached hydrogen (secondary N) is 2. The van der Waals surface area contributed by atoms with Crippen molar-refractivity contribution < 1.29 is 18.5 Å². The minimum Gasteiger partial charge on any atom is -0.463 e. The van der Waals surface area contributed by atoms with E-state index >= 15 is 0 Å². The van der Waals surface area contributed by atoms with Gasteiger partial charge in [0, 0.05) is 11.3 Å². The Morgan fingerprint density at radius 2 is 1.76 bits per heavy atom. The molecule has 1 aromatic heterocycles. The van der Waals surface area contributed by atoms with Gasteiger partial charge in [-0.05, 0) is 48.5 Å². The number of carbonyl (C=O) groups excluding carboxylic acids is 1. The van der Waals surface area contributed by atoms with Crippen LogP contribution in [0, 0.1) is 5.82 Å². The predicted molar refractivity (Wildman–Crippen MR) is 110 cm³/mol. The van der Waals surface area contributed by atoms with E-state index in [1.807, 2.05) is 54.6 Å². The van der Waals surface area contributed by atoms with Crippen molar-refractivity contribution in [2.75, 3.05) is 37.6 Å². The Hall–Kier alpha value is -3.12. The molecule has 2 N–H and O–H groups in total. The summed E-state index contributed by atoms with van der Waals surface area (Å²) in [6.45, 7) is 4.05. The zero-order valence-corrected chi connectivity index (χ0v) is 16.2. The van der Waals surface area contributed by atoms with Crippen molar-refractivity contribution >= 4 is 11.6 Å². The fourth-order valence-corrected chi connectivity index (χ4v) is 3.87. The molecule has 6 heteroatoms. The van der Waals surface area contributed by atoms with Gasteiger partial charge in [-0.3, -0.25) is 4.79 Å². The number of piperazine rings is 1. The summed E-state index contributed by atoms with van der Waals surface area (Å²) >= 11 is 0. The number of hydrogen-bond donors (Lipinski definition) is 2. The molecule has 2 heterocycles. The van der Waals surface area contributed by atoms with E-state index in [-0.39, 0.29) is 17.8 Å². The Morgan fingerprint density at radius 1 is 1.03 bits per heavy atom. The first kappa shape index (κ1) is 19.2. The van der Waals surface area contributed by atoms with Crippen LogP contribution in [0.5, 0.6) is 0 Å². The second-order valence-electron chi connectivity index (χ2n) is 7.27. The molecule has 29 heavy (non-hydrogen) atoms. The van der Waals surface area contributed by atoms with Crippen LogP contribution in [0.2, 0.25) is 0 Å². The molecule has 4 rings (SSSR count). The molecule has 2 aromatic carbocycles. The van der Waals surface area contributed by atoms with Crippen molar-refractivity contribution in [2.24, 2.45) is 0 Å². The first-order chi connectivity index (χ1) is 14.2. The Balaban J connectivity index is 1.40. The monoisotopic (exact) mass is 394 g/mol. The van der Waals surface area contributed by atoms with Crippen molar-refractivity contribution in [3.63, 3.8) is 0 Å². The van der Waals surface area contributed by atoms with E-state index in [0.717, 1.165) is 37.6 Å². The van der Waals surface area contributed by atoms with E-state index in [9.17, 15) is 9.18 Å². The molecule has 0 spiro atoms. The third-order valence-electron chi connectivity index (χ3n) is 5.48. The quantitative estimate of drug-likeness (QED) is 0.675. The first-order valence-corrected chi connectivity index (χ1v) is 9.92. The third kappa shape index (κ3) is 4.66. The molecule has 1 saturated heterocycles.